The van der Waals surface area contributed by atoms with Gasteiger partial charge in [0, 0.05) is 29.9 Å². The molecule has 1 aromatic carbocycles. The van der Waals surface area contributed by atoms with Crippen molar-refractivity contribution in [3.05, 3.63) is 41.0 Å². The van der Waals surface area contributed by atoms with E-state index in [-0.39, 0.29) is 5.56 Å². The Bertz CT molecular complexity index is 702. The lowest BCUT2D eigenvalue weighted by atomic mass is 10.2. The van der Waals surface area contributed by atoms with E-state index in [0.717, 1.165) is 5.56 Å². The van der Waals surface area contributed by atoms with Gasteiger partial charge in [-0.25, -0.2) is 14.8 Å². The quantitative estimate of drug-likeness (QED) is 0.935. The average molecular weight is 320 g/mol. The summed E-state index contributed by atoms with van der Waals surface area (Å²) in [5, 5.41) is 9.92. The SMILES string of the molecule is O=C(O)c1cnc(-c2cccc(Cl)c2)nc1N1CCOCC1. The lowest BCUT2D eigenvalue weighted by Crippen LogP contribution is -2.37. The van der Waals surface area contributed by atoms with Gasteiger partial charge < -0.3 is 14.7 Å². The van der Waals surface area contributed by atoms with Crippen molar-refractivity contribution < 1.29 is 14.6 Å². The molecule has 0 unspecified atom stereocenters. The van der Waals surface area contributed by atoms with Crippen molar-refractivity contribution in [3.8, 4) is 11.4 Å². The van der Waals surface area contributed by atoms with Gasteiger partial charge in [0.15, 0.2) is 5.82 Å². The van der Waals surface area contributed by atoms with Crippen LogP contribution in [0.1, 0.15) is 10.4 Å². The van der Waals surface area contributed by atoms with E-state index in [2.05, 4.69) is 9.97 Å². The lowest BCUT2D eigenvalue weighted by Gasteiger charge is -2.28. The van der Waals surface area contributed by atoms with Crippen molar-refractivity contribution in [2.75, 3.05) is 31.2 Å². The number of halogens is 1. The molecule has 6 nitrogen and oxygen atoms in total. The third kappa shape index (κ3) is 3.03. The van der Waals surface area contributed by atoms with Crippen molar-refractivity contribution in [1.82, 2.24) is 9.97 Å². The summed E-state index contributed by atoms with van der Waals surface area (Å²) < 4.78 is 5.30. The summed E-state index contributed by atoms with van der Waals surface area (Å²) in [7, 11) is 0. The Kier molecular flexibility index (Phi) is 4.22. The maximum Gasteiger partial charge on any atom is 0.341 e. The lowest BCUT2D eigenvalue weighted by molar-refractivity contribution is 0.0695. The molecule has 2 heterocycles. The molecule has 114 valence electrons. The van der Waals surface area contributed by atoms with Crippen LogP contribution >= 0.6 is 11.6 Å². The minimum absolute atomic E-state index is 0.0904. The number of morpholine rings is 1. The van der Waals surface area contributed by atoms with Crippen LogP contribution in [-0.2, 0) is 4.74 Å². The number of nitrogens with zero attached hydrogens (tertiary/aromatic N) is 3. The molecule has 1 aromatic heterocycles. The molecule has 1 saturated heterocycles. The summed E-state index contributed by atoms with van der Waals surface area (Å²) in [4.78, 5) is 21.9. The summed E-state index contributed by atoms with van der Waals surface area (Å²) >= 11 is 5.99. The molecule has 0 aliphatic carbocycles. The number of carboxylic acids is 1. The molecular formula is C15H14ClN3O3. The van der Waals surface area contributed by atoms with Gasteiger partial charge >= 0.3 is 5.97 Å². The number of hydrogen-bond acceptors (Lipinski definition) is 5. The normalized spacial score (nSPS) is 14.9. The highest BCUT2D eigenvalue weighted by Crippen LogP contribution is 2.24. The number of carboxylic acid groups (broad SMARTS) is 1. The van der Waals surface area contributed by atoms with Crippen LogP contribution in [0.15, 0.2) is 30.5 Å². The van der Waals surface area contributed by atoms with Gasteiger partial charge in [0.05, 0.1) is 13.2 Å². The molecule has 7 heteroatoms. The summed E-state index contributed by atoms with van der Waals surface area (Å²) in [5.74, 6) is -0.172. The fraction of sp³-hybridized carbons (Fsp3) is 0.267. The molecule has 0 bridgehead atoms. The molecule has 0 saturated carbocycles. The second-order valence-electron chi connectivity index (χ2n) is 4.85. The second-order valence-corrected chi connectivity index (χ2v) is 5.28. The maximum absolute atomic E-state index is 11.4. The highest BCUT2D eigenvalue weighted by Gasteiger charge is 2.21. The van der Waals surface area contributed by atoms with Gasteiger partial charge in [-0.2, -0.15) is 0 Å². The third-order valence-corrected chi connectivity index (χ3v) is 3.63. The van der Waals surface area contributed by atoms with Crippen molar-refractivity contribution in [2.24, 2.45) is 0 Å². The Hall–Kier alpha value is -2.18. The van der Waals surface area contributed by atoms with Gasteiger partial charge in [-0.05, 0) is 12.1 Å². The van der Waals surface area contributed by atoms with Crippen LogP contribution in [-0.4, -0.2) is 47.3 Å². The Morgan fingerprint density at radius 1 is 1.32 bits per heavy atom. The van der Waals surface area contributed by atoms with Crippen LogP contribution < -0.4 is 4.90 Å². The minimum atomic E-state index is -1.04. The Morgan fingerprint density at radius 3 is 2.77 bits per heavy atom. The zero-order valence-electron chi connectivity index (χ0n) is 11.7. The molecule has 1 aliphatic rings. The van der Waals surface area contributed by atoms with Gasteiger partial charge in [-0.1, -0.05) is 23.7 Å². The fourth-order valence-electron chi connectivity index (χ4n) is 2.31. The van der Waals surface area contributed by atoms with Crippen LogP contribution in [0.2, 0.25) is 5.02 Å². The molecule has 3 rings (SSSR count). The van der Waals surface area contributed by atoms with Crippen molar-refractivity contribution in [2.45, 2.75) is 0 Å². The molecule has 1 aliphatic heterocycles. The molecule has 2 aromatic rings. The summed E-state index contributed by atoms with van der Waals surface area (Å²) in [6.45, 7) is 2.31. The summed E-state index contributed by atoms with van der Waals surface area (Å²) in [6, 6.07) is 7.16. The molecule has 22 heavy (non-hydrogen) atoms. The smallest absolute Gasteiger partial charge is 0.341 e. The number of ether oxygens (including phenoxy) is 1. The first-order valence-electron chi connectivity index (χ1n) is 6.84. The van der Waals surface area contributed by atoms with Gasteiger partial charge in [0.2, 0.25) is 0 Å². The first kappa shape index (κ1) is 14.7. The number of benzene rings is 1. The van der Waals surface area contributed by atoms with Crippen molar-refractivity contribution >= 4 is 23.4 Å². The number of anilines is 1. The standard InChI is InChI=1S/C15H14ClN3O3/c16-11-3-1-2-10(8-11)13-17-9-12(15(20)21)14(18-13)19-4-6-22-7-5-19/h1-3,8-9H,4-7H2,(H,20,21). The largest absolute Gasteiger partial charge is 0.477 e. The van der Waals surface area contributed by atoms with Crippen molar-refractivity contribution in [3.63, 3.8) is 0 Å². The number of aromatic carboxylic acids is 1. The van der Waals surface area contributed by atoms with E-state index >= 15 is 0 Å². The number of aromatic nitrogens is 2. The van der Waals surface area contributed by atoms with E-state index < -0.39 is 5.97 Å². The highest BCUT2D eigenvalue weighted by molar-refractivity contribution is 6.30. The molecule has 1 N–H and O–H groups in total. The van der Waals surface area contributed by atoms with E-state index in [1.54, 1.807) is 18.2 Å². The Morgan fingerprint density at radius 2 is 2.09 bits per heavy atom. The van der Waals surface area contributed by atoms with E-state index in [1.807, 2.05) is 11.0 Å². The van der Waals surface area contributed by atoms with Crippen LogP contribution in [0, 0.1) is 0 Å². The van der Waals surface area contributed by atoms with Crippen LogP contribution in [0.25, 0.3) is 11.4 Å². The van der Waals surface area contributed by atoms with Crippen LogP contribution in [0.4, 0.5) is 5.82 Å². The molecule has 1 fully saturated rings. The first-order valence-corrected chi connectivity index (χ1v) is 7.22. The van der Waals surface area contributed by atoms with Crippen molar-refractivity contribution in [1.29, 1.82) is 0 Å². The highest BCUT2D eigenvalue weighted by atomic mass is 35.5. The van der Waals surface area contributed by atoms with Gasteiger partial charge in [-0.3, -0.25) is 0 Å². The van der Waals surface area contributed by atoms with E-state index in [0.29, 0.717) is 43.0 Å². The van der Waals surface area contributed by atoms with E-state index in [4.69, 9.17) is 16.3 Å². The number of hydrogen-bond donors (Lipinski definition) is 1. The average Bonchev–Trinajstić information content (AvgIpc) is 2.55. The number of carbonyl (C=O) groups is 1. The molecule has 0 spiro atoms. The topological polar surface area (TPSA) is 75.5 Å². The van der Waals surface area contributed by atoms with Gasteiger partial charge in [0.25, 0.3) is 0 Å². The van der Waals surface area contributed by atoms with Gasteiger partial charge in [0.1, 0.15) is 11.4 Å². The fourth-order valence-corrected chi connectivity index (χ4v) is 2.50. The second kappa shape index (κ2) is 6.29. The Balaban J connectivity index is 2.05. The Labute approximate surface area is 132 Å². The van der Waals surface area contributed by atoms with Gasteiger partial charge in [-0.15, -0.1) is 0 Å². The summed E-state index contributed by atoms with van der Waals surface area (Å²) in [5.41, 5.74) is 0.839. The van der Waals surface area contributed by atoms with E-state index in [1.165, 1.54) is 6.20 Å². The molecule has 0 amide bonds. The van der Waals surface area contributed by atoms with Crippen LogP contribution in [0.3, 0.4) is 0 Å². The van der Waals surface area contributed by atoms with E-state index in [9.17, 15) is 9.90 Å². The number of rotatable bonds is 3. The monoisotopic (exact) mass is 319 g/mol. The zero-order valence-corrected chi connectivity index (χ0v) is 12.5. The molecule has 0 atom stereocenters. The third-order valence-electron chi connectivity index (χ3n) is 3.39. The molecule has 0 radical (unpaired) electrons. The zero-order chi connectivity index (χ0) is 15.5. The maximum atomic E-state index is 11.4. The predicted molar refractivity (Wildman–Crippen MR) is 82.5 cm³/mol. The molecular weight excluding hydrogens is 306 g/mol. The predicted octanol–water partition coefficient (Wildman–Crippen LogP) is 2.33. The van der Waals surface area contributed by atoms with Crippen LogP contribution in [0.5, 0.6) is 0 Å². The summed E-state index contributed by atoms with van der Waals surface area (Å²) in [6.07, 6.45) is 1.34. The minimum Gasteiger partial charge on any atom is -0.477 e. The first-order chi connectivity index (χ1) is 10.6.